The number of esters is 1. The summed E-state index contributed by atoms with van der Waals surface area (Å²) in [6.45, 7) is 12.4. The monoisotopic (exact) mass is 463 g/mol. The molecule has 9 heteroatoms. The first-order valence-electron chi connectivity index (χ1n) is 11.0. The number of unbranched alkanes of at least 4 members (excludes halogenated alkanes) is 1. The van der Waals surface area contributed by atoms with E-state index in [9.17, 15) is 19.2 Å². The maximum atomic E-state index is 12.7. The van der Waals surface area contributed by atoms with Crippen molar-refractivity contribution in [3.05, 3.63) is 29.8 Å². The van der Waals surface area contributed by atoms with Crippen molar-refractivity contribution < 1.29 is 28.7 Å². The first-order valence-corrected chi connectivity index (χ1v) is 11.0. The number of nitrogens with one attached hydrogen (secondary N) is 3. The predicted octanol–water partition coefficient (Wildman–Crippen LogP) is 3.78. The molecular formula is C24H37N3O6. The average molecular weight is 464 g/mol. The number of carbonyl (C=O) groups is 4. The lowest BCUT2D eigenvalue weighted by molar-refractivity contribution is -0.157. The van der Waals surface area contributed by atoms with Gasteiger partial charge in [0, 0.05) is 24.7 Å². The molecule has 0 fully saturated rings. The Labute approximate surface area is 196 Å². The van der Waals surface area contributed by atoms with Crippen LogP contribution in [0.3, 0.4) is 0 Å². The van der Waals surface area contributed by atoms with Crippen molar-refractivity contribution >= 4 is 29.6 Å². The molecule has 0 aliphatic heterocycles. The fraction of sp³-hybridized carbons (Fsp3) is 0.583. The van der Waals surface area contributed by atoms with E-state index in [1.807, 2.05) is 0 Å². The van der Waals surface area contributed by atoms with Gasteiger partial charge in [0.25, 0.3) is 5.91 Å². The molecule has 1 unspecified atom stereocenters. The van der Waals surface area contributed by atoms with Gasteiger partial charge in [0.15, 0.2) is 0 Å². The molecule has 1 aromatic carbocycles. The highest BCUT2D eigenvalue weighted by atomic mass is 16.6. The first kappa shape index (κ1) is 27.9. The molecule has 184 valence electrons. The molecule has 0 saturated carbocycles. The molecule has 3 N–H and O–H groups in total. The first-order chi connectivity index (χ1) is 15.2. The van der Waals surface area contributed by atoms with E-state index in [2.05, 4.69) is 16.0 Å². The Morgan fingerprint density at radius 2 is 1.45 bits per heavy atom. The molecule has 1 aromatic rings. The van der Waals surface area contributed by atoms with E-state index in [-0.39, 0.29) is 5.91 Å². The van der Waals surface area contributed by atoms with Crippen LogP contribution in [-0.2, 0) is 19.1 Å². The molecule has 33 heavy (non-hydrogen) atoms. The molecule has 0 aliphatic rings. The Bertz CT molecular complexity index is 822. The SMILES string of the molecule is CC(=O)Nc1ccc(C(=O)NC(CCCCNC(=O)OC(C)(C)C)C(=O)OC(C)(C)C)cc1. The Balaban J connectivity index is 2.68. The third-order valence-electron chi connectivity index (χ3n) is 4.05. The van der Waals surface area contributed by atoms with Crippen molar-refractivity contribution in [1.82, 2.24) is 10.6 Å². The molecule has 0 spiro atoms. The topological polar surface area (TPSA) is 123 Å². The zero-order valence-corrected chi connectivity index (χ0v) is 20.7. The van der Waals surface area contributed by atoms with Crippen LogP contribution in [0, 0.1) is 0 Å². The van der Waals surface area contributed by atoms with Crippen LogP contribution in [0.4, 0.5) is 10.5 Å². The van der Waals surface area contributed by atoms with E-state index < -0.39 is 35.2 Å². The van der Waals surface area contributed by atoms with Crippen molar-refractivity contribution in [2.24, 2.45) is 0 Å². The van der Waals surface area contributed by atoms with Crippen LogP contribution in [0.5, 0.6) is 0 Å². The molecule has 0 radical (unpaired) electrons. The van der Waals surface area contributed by atoms with Gasteiger partial charge in [0.1, 0.15) is 17.2 Å². The molecule has 0 saturated heterocycles. The normalized spacial score (nSPS) is 12.3. The maximum absolute atomic E-state index is 12.7. The Morgan fingerprint density at radius 1 is 0.879 bits per heavy atom. The fourth-order valence-electron chi connectivity index (χ4n) is 2.75. The summed E-state index contributed by atoms with van der Waals surface area (Å²) in [5.74, 6) is -1.16. The summed E-state index contributed by atoms with van der Waals surface area (Å²) < 4.78 is 10.6. The van der Waals surface area contributed by atoms with E-state index in [4.69, 9.17) is 9.47 Å². The highest BCUT2D eigenvalue weighted by Gasteiger charge is 2.27. The summed E-state index contributed by atoms with van der Waals surface area (Å²) >= 11 is 0. The minimum atomic E-state index is -0.840. The summed E-state index contributed by atoms with van der Waals surface area (Å²) in [6.07, 6.45) is 1.02. The van der Waals surface area contributed by atoms with Crippen molar-refractivity contribution in [3.63, 3.8) is 0 Å². The van der Waals surface area contributed by atoms with Gasteiger partial charge in [-0.15, -0.1) is 0 Å². The number of hydrogen-bond donors (Lipinski definition) is 3. The van der Waals surface area contributed by atoms with Crippen molar-refractivity contribution in [1.29, 1.82) is 0 Å². The van der Waals surface area contributed by atoms with E-state index >= 15 is 0 Å². The van der Waals surface area contributed by atoms with Gasteiger partial charge in [-0.3, -0.25) is 9.59 Å². The molecule has 0 aromatic heterocycles. The number of alkyl carbamates (subject to hydrolysis) is 1. The average Bonchev–Trinajstić information content (AvgIpc) is 2.64. The van der Waals surface area contributed by atoms with Gasteiger partial charge in [-0.25, -0.2) is 9.59 Å². The molecule has 0 bridgehead atoms. The summed E-state index contributed by atoms with van der Waals surface area (Å²) in [5.41, 5.74) is -0.348. The predicted molar refractivity (Wildman–Crippen MR) is 126 cm³/mol. The summed E-state index contributed by atoms with van der Waals surface area (Å²) in [4.78, 5) is 48.2. The van der Waals surface area contributed by atoms with E-state index in [1.165, 1.54) is 6.92 Å². The quantitative estimate of drug-likeness (QED) is 0.378. The smallest absolute Gasteiger partial charge is 0.407 e. The summed E-state index contributed by atoms with van der Waals surface area (Å²) in [6, 6.07) is 5.52. The zero-order valence-electron chi connectivity index (χ0n) is 20.7. The lowest BCUT2D eigenvalue weighted by Crippen LogP contribution is -2.44. The third-order valence-corrected chi connectivity index (χ3v) is 4.05. The number of benzene rings is 1. The highest BCUT2D eigenvalue weighted by molar-refractivity contribution is 5.97. The van der Waals surface area contributed by atoms with Crippen LogP contribution in [-0.4, -0.2) is 47.7 Å². The molecule has 1 atom stereocenters. The van der Waals surface area contributed by atoms with Crippen LogP contribution >= 0.6 is 0 Å². The van der Waals surface area contributed by atoms with Crippen molar-refractivity contribution in [2.75, 3.05) is 11.9 Å². The Morgan fingerprint density at radius 3 is 1.97 bits per heavy atom. The van der Waals surface area contributed by atoms with E-state index in [0.29, 0.717) is 37.1 Å². The molecular weight excluding hydrogens is 426 g/mol. The van der Waals surface area contributed by atoms with Crippen molar-refractivity contribution in [2.45, 2.75) is 85.0 Å². The van der Waals surface area contributed by atoms with Crippen LogP contribution in [0.15, 0.2) is 24.3 Å². The molecule has 0 aliphatic carbocycles. The van der Waals surface area contributed by atoms with Gasteiger partial charge in [-0.05, 0) is 85.1 Å². The third kappa shape index (κ3) is 12.5. The fourth-order valence-corrected chi connectivity index (χ4v) is 2.75. The minimum absolute atomic E-state index is 0.210. The van der Waals surface area contributed by atoms with E-state index in [1.54, 1.807) is 65.8 Å². The second kappa shape index (κ2) is 12.2. The lowest BCUT2D eigenvalue weighted by Gasteiger charge is -2.24. The Hall–Kier alpha value is -3.10. The van der Waals surface area contributed by atoms with Crippen molar-refractivity contribution in [3.8, 4) is 0 Å². The van der Waals surface area contributed by atoms with Gasteiger partial charge in [0.2, 0.25) is 5.91 Å². The van der Waals surface area contributed by atoms with Crippen LogP contribution in [0.2, 0.25) is 0 Å². The van der Waals surface area contributed by atoms with Gasteiger partial charge in [-0.2, -0.15) is 0 Å². The largest absolute Gasteiger partial charge is 0.458 e. The summed E-state index contributed by atoms with van der Waals surface area (Å²) in [7, 11) is 0. The van der Waals surface area contributed by atoms with Gasteiger partial charge in [0.05, 0.1) is 0 Å². The van der Waals surface area contributed by atoms with E-state index in [0.717, 1.165) is 0 Å². The molecule has 0 heterocycles. The summed E-state index contributed by atoms with van der Waals surface area (Å²) in [5, 5.41) is 8.04. The maximum Gasteiger partial charge on any atom is 0.407 e. The van der Waals surface area contributed by atoms with Gasteiger partial charge >= 0.3 is 12.1 Å². The highest BCUT2D eigenvalue weighted by Crippen LogP contribution is 2.14. The molecule has 3 amide bonds. The molecule has 1 rings (SSSR count). The number of ether oxygens (including phenoxy) is 2. The molecule has 9 nitrogen and oxygen atoms in total. The number of rotatable bonds is 9. The zero-order chi connectivity index (χ0) is 25.2. The van der Waals surface area contributed by atoms with Gasteiger partial charge < -0.3 is 25.4 Å². The van der Waals surface area contributed by atoms with Gasteiger partial charge in [-0.1, -0.05) is 0 Å². The van der Waals surface area contributed by atoms with Crippen LogP contribution in [0.1, 0.15) is 78.1 Å². The number of anilines is 1. The Kier molecular flexibility index (Phi) is 10.3. The lowest BCUT2D eigenvalue weighted by atomic mass is 10.1. The number of hydrogen-bond acceptors (Lipinski definition) is 6. The van der Waals surface area contributed by atoms with Crippen LogP contribution < -0.4 is 16.0 Å². The second-order valence-electron chi connectivity index (χ2n) is 9.74. The minimum Gasteiger partial charge on any atom is -0.458 e. The van der Waals surface area contributed by atoms with Crippen LogP contribution in [0.25, 0.3) is 0 Å². The second-order valence-corrected chi connectivity index (χ2v) is 9.74. The number of carbonyl (C=O) groups excluding carboxylic acids is 4. The number of amides is 3. The standard InChI is InChI=1S/C24H37N3O6/c1-16(28)26-18-13-11-17(12-14-18)20(29)27-19(21(30)32-23(2,3)4)10-8-9-15-25-22(31)33-24(5,6)7/h11-14,19H,8-10,15H2,1-7H3,(H,25,31)(H,26,28)(H,27,29).